The van der Waals surface area contributed by atoms with Crippen molar-refractivity contribution in [2.45, 2.75) is 32.9 Å². The lowest BCUT2D eigenvalue weighted by atomic mass is 10.1. The Kier molecular flexibility index (Phi) is 4.43. The minimum absolute atomic E-state index is 0.391. The minimum atomic E-state index is 0.391. The van der Waals surface area contributed by atoms with Crippen molar-refractivity contribution in [2.75, 3.05) is 12.4 Å². The Hall–Kier alpha value is -1.55. The SMILES string of the molecule is COCc1ccccc1NC(N)=N[C@@H]1C[C@H]1C(C)C. The van der Waals surface area contributed by atoms with Gasteiger partial charge in [-0.2, -0.15) is 0 Å². The van der Waals surface area contributed by atoms with Crippen molar-refractivity contribution in [3.8, 4) is 0 Å². The number of methoxy groups -OCH3 is 1. The predicted octanol–water partition coefficient (Wildman–Crippen LogP) is 2.60. The number of anilines is 1. The van der Waals surface area contributed by atoms with E-state index in [1.165, 1.54) is 0 Å². The topological polar surface area (TPSA) is 59.6 Å². The van der Waals surface area contributed by atoms with Gasteiger partial charge in [-0.05, 0) is 24.3 Å². The van der Waals surface area contributed by atoms with Crippen LogP contribution in [-0.4, -0.2) is 19.1 Å². The second-order valence-electron chi connectivity index (χ2n) is 5.44. The van der Waals surface area contributed by atoms with E-state index in [2.05, 4.69) is 24.2 Å². The molecule has 0 spiro atoms. The number of nitrogens with zero attached hydrogens (tertiary/aromatic N) is 1. The molecule has 0 heterocycles. The number of benzene rings is 1. The maximum atomic E-state index is 5.97. The van der Waals surface area contributed by atoms with Gasteiger partial charge in [0.1, 0.15) is 0 Å². The van der Waals surface area contributed by atoms with Crippen LogP contribution in [0.15, 0.2) is 29.3 Å². The maximum Gasteiger partial charge on any atom is 0.193 e. The van der Waals surface area contributed by atoms with Crippen molar-refractivity contribution in [1.29, 1.82) is 0 Å². The summed E-state index contributed by atoms with van der Waals surface area (Å²) in [7, 11) is 1.69. The van der Waals surface area contributed by atoms with Gasteiger partial charge in [0.2, 0.25) is 0 Å². The molecule has 1 fully saturated rings. The van der Waals surface area contributed by atoms with Gasteiger partial charge in [0.05, 0.1) is 12.6 Å². The maximum absolute atomic E-state index is 5.97. The van der Waals surface area contributed by atoms with Crippen LogP contribution in [-0.2, 0) is 11.3 Å². The molecule has 1 aromatic rings. The Labute approximate surface area is 115 Å². The number of para-hydroxylation sites is 1. The zero-order valence-corrected chi connectivity index (χ0v) is 11.9. The van der Waals surface area contributed by atoms with E-state index in [4.69, 9.17) is 10.5 Å². The summed E-state index contributed by atoms with van der Waals surface area (Å²) in [5.41, 5.74) is 8.02. The van der Waals surface area contributed by atoms with E-state index in [9.17, 15) is 0 Å². The number of hydrogen-bond acceptors (Lipinski definition) is 2. The Morgan fingerprint density at radius 3 is 2.84 bits per heavy atom. The molecule has 4 heteroatoms. The number of ether oxygens (including phenoxy) is 1. The average molecular weight is 261 g/mol. The Bertz CT molecular complexity index is 456. The number of aliphatic imine (C=N–C) groups is 1. The molecule has 1 aliphatic rings. The molecule has 2 atom stereocenters. The standard InChI is InChI=1S/C15H23N3O/c1-10(2)12-8-14(12)18-15(16)17-13-7-5-4-6-11(13)9-19-3/h4-7,10,12,14H,8-9H2,1-3H3,(H3,16,17,18)/t12-,14+/m0/s1. The molecule has 0 saturated heterocycles. The van der Waals surface area contributed by atoms with Crippen molar-refractivity contribution in [3.63, 3.8) is 0 Å². The predicted molar refractivity (Wildman–Crippen MR) is 79.1 cm³/mol. The lowest BCUT2D eigenvalue weighted by molar-refractivity contribution is 0.185. The zero-order chi connectivity index (χ0) is 13.8. The quantitative estimate of drug-likeness (QED) is 0.632. The number of nitrogens with two attached hydrogens (primary N) is 1. The first-order valence-corrected chi connectivity index (χ1v) is 6.79. The molecule has 3 N–H and O–H groups in total. The van der Waals surface area contributed by atoms with Gasteiger partial charge in [0.25, 0.3) is 0 Å². The van der Waals surface area contributed by atoms with Crippen LogP contribution < -0.4 is 11.1 Å². The van der Waals surface area contributed by atoms with Gasteiger partial charge < -0.3 is 15.8 Å². The van der Waals surface area contributed by atoms with Gasteiger partial charge in [0, 0.05) is 18.4 Å². The van der Waals surface area contributed by atoms with Gasteiger partial charge in [-0.3, -0.25) is 0 Å². The fourth-order valence-electron chi connectivity index (χ4n) is 2.34. The van der Waals surface area contributed by atoms with Crippen molar-refractivity contribution >= 4 is 11.6 Å². The summed E-state index contributed by atoms with van der Waals surface area (Å²) in [5, 5.41) is 3.17. The van der Waals surface area contributed by atoms with Crippen LogP contribution in [0.25, 0.3) is 0 Å². The molecule has 1 saturated carbocycles. The summed E-state index contributed by atoms with van der Waals surface area (Å²) in [5.74, 6) is 1.87. The summed E-state index contributed by atoms with van der Waals surface area (Å²) >= 11 is 0. The van der Waals surface area contributed by atoms with Crippen molar-refractivity contribution in [2.24, 2.45) is 22.6 Å². The van der Waals surface area contributed by atoms with E-state index in [0.29, 0.717) is 30.4 Å². The fraction of sp³-hybridized carbons (Fsp3) is 0.533. The summed E-state index contributed by atoms with van der Waals surface area (Å²) in [6.07, 6.45) is 1.15. The first kappa shape index (κ1) is 13.9. The first-order valence-electron chi connectivity index (χ1n) is 6.79. The largest absolute Gasteiger partial charge is 0.380 e. The number of nitrogens with one attached hydrogen (secondary N) is 1. The highest BCUT2D eigenvalue weighted by atomic mass is 16.5. The first-order chi connectivity index (χ1) is 9.11. The molecule has 0 aliphatic heterocycles. The van der Waals surface area contributed by atoms with E-state index in [0.717, 1.165) is 17.7 Å². The van der Waals surface area contributed by atoms with Crippen LogP contribution in [0.1, 0.15) is 25.8 Å². The van der Waals surface area contributed by atoms with E-state index in [1.54, 1.807) is 7.11 Å². The van der Waals surface area contributed by atoms with E-state index in [-0.39, 0.29) is 0 Å². The normalized spacial score (nSPS) is 22.6. The smallest absolute Gasteiger partial charge is 0.193 e. The van der Waals surface area contributed by atoms with Gasteiger partial charge in [-0.15, -0.1) is 0 Å². The van der Waals surface area contributed by atoms with Crippen LogP contribution in [0.4, 0.5) is 5.69 Å². The number of guanidine groups is 1. The zero-order valence-electron chi connectivity index (χ0n) is 11.9. The van der Waals surface area contributed by atoms with Crippen LogP contribution >= 0.6 is 0 Å². The fourth-order valence-corrected chi connectivity index (χ4v) is 2.34. The summed E-state index contributed by atoms with van der Waals surface area (Å²) in [6, 6.07) is 8.37. The monoisotopic (exact) mass is 261 g/mol. The average Bonchev–Trinajstić information content (AvgIpc) is 3.11. The third kappa shape index (κ3) is 3.70. The third-order valence-corrected chi connectivity index (χ3v) is 3.55. The van der Waals surface area contributed by atoms with E-state index in [1.807, 2.05) is 24.3 Å². The highest BCUT2D eigenvalue weighted by molar-refractivity contribution is 5.93. The molecule has 4 nitrogen and oxygen atoms in total. The van der Waals surface area contributed by atoms with Crippen molar-refractivity contribution in [3.05, 3.63) is 29.8 Å². The second-order valence-corrected chi connectivity index (χ2v) is 5.44. The van der Waals surface area contributed by atoms with Crippen LogP contribution in [0, 0.1) is 11.8 Å². The minimum Gasteiger partial charge on any atom is -0.380 e. The van der Waals surface area contributed by atoms with Crippen LogP contribution in [0.5, 0.6) is 0 Å². The van der Waals surface area contributed by atoms with E-state index < -0.39 is 0 Å². The van der Waals surface area contributed by atoms with Gasteiger partial charge in [-0.25, -0.2) is 4.99 Å². The molecule has 19 heavy (non-hydrogen) atoms. The van der Waals surface area contributed by atoms with Gasteiger partial charge in [0.15, 0.2) is 5.96 Å². The highest BCUT2D eigenvalue weighted by Gasteiger charge is 2.39. The molecule has 0 amide bonds. The van der Waals surface area contributed by atoms with Gasteiger partial charge in [-0.1, -0.05) is 32.0 Å². The molecular formula is C15H23N3O. The van der Waals surface area contributed by atoms with Crippen LogP contribution in [0.2, 0.25) is 0 Å². The second kappa shape index (κ2) is 6.06. The molecule has 104 valence electrons. The molecule has 2 rings (SSSR count). The van der Waals surface area contributed by atoms with Crippen molar-refractivity contribution in [1.82, 2.24) is 0 Å². The number of rotatable bonds is 5. The molecular weight excluding hydrogens is 238 g/mol. The highest BCUT2D eigenvalue weighted by Crippen LogP contribution is 2.39. The molecule has 1 aromatic carbocycles. The van der Waals surface area contributed by atoms with Gasteiger partial charge >= 0.3 is 0 Å². The Morgan fingerprint density at radius 1 is 1.47 bits per heavy atom. The molecule has 0 aromatic heterocycles. The molecule has 0 unspecified atom stereocenters. The third-order valence-electron chi connectivity index (χ3n) is 3.55. The molecule has 1 aliphatic carbocycles. The summed E-state index contributed by atoms with van der Waals surface area (Å²) < 4.78 is 5.17. The van der Waals surface area contributed by atoms with E-state index >= 15 is 0 Å². The van der Waals surface area contributed by atoms with Crippen molar-refractivity contribution < 1.29 is 4.74 Å². The molecule has 0 bridgehead atoms. The molecule has 0 radical (unpaired) electrons. The Balaban J connectivity index is 1.99. The van der Waals surface area contributed by atoms with Crippen LogP contribution in [0.3, 0.4) is 0 Å². The Morgan fingerprint density at radius 2 is 2.21 bits per heavy atom. The number of hydrogen-bond donors (Lipinski definition) is 2. The lowest BCUT2D eigenvalue weighted by Gasteiger charge is -2.11. The summed E-state index contributed by atoms with van der Waals surface area (Å²) in [6.45, 7) is 5.03. The lowest BCUT2D eigenvalue weighted by Crippen LogP contribution is -2.24. The summed E-state index contributed by atoms with van der Waals surface area (Å²) in [4.78, 5) is 4.53.